The third-order valence-corrected chi connectivity index (χ3v) is 3.40. The lowest BCUT2D eigenvalue weighted by Gasteiger charge is -2.38. The van der Waals surface area contributed by atoms with E-state index in [2.05, 4.69) is 17.4 Å². The molecule has 1 aliphatic carbocycles. The normalized spacial score (nSPS) is 19.0. The Morgan fingerprint density at radius 2 is 1.75 bits per heavy atom. The molecule has 0 unspecified atom stereocenters. The minimum Gasteiger partial charge on any atom is -0.352 e. The summed E-state index contributed by atoms with van der Waals surface area (Å²) < 4.78 is 0. The molecule has 3 N–H and O–H groups in total. The minimum atomic E-state index is -0.425. The van der Waals surface area contributed by atoms with Gasteiger partial charge in [0.05, 0.1) is 5.54 Å². The molecule has 0 aliphatic heterocycles. The first-order chi connectivity index (χ1) is 7.73. The van der Waals surface area contributed by atoms with Crippen LogP contribution >= 0.6 is 0 Å². The summed E-state index contributed by atoms with van der Waals surface area (Å²) in [4.78, 5) is 11.2. The first-order valence-corrected chi connectivity index (χ1v) is 5.86. The molecule has 2 rings (SSSR count). The van der Waals surface area contributed by atoms with E-state index in [1.165, 1.54) is 12.0 Å². The number of hydrogen-bond acceptors (Lipinski definition) is 1. The van der Waals surface area contributed by atoms with Gasteiger partial charge < -0.3 is 11.1 Å². The van der Waals surface area contributed by atoms with Gasteiger partial charge in [-0.25, -0.2) is 4.79 Å². The number of amides is 2. The molecule has 16 heavy (non-hydrogen) atoms. The Bertz CT molecular complexity index is 355. The van der Waals surface area contributed by atoms with E-state index in [0.29, 0.717) is 0 Å². The monoisotopic (exact) mass is 218 g/mol. The average molecular weight is 218 g/mol. The van der Waals surface area contributed by atoms with Crippen molar-refractivity contribution in [3.8, 4) is 0 Å². The van der Waals surface area contributed by atoms with E-state index in [-0.39, 0.29) is 5.54 Å². The summed E-state index contributed by atoms with van der Waals surface area (Å²) in [6.45, 7) is 0. The predicted octanol–water partition coefficient (Wildman–Crippen LogP) is 2.51. The number of hydrogen-bond donors (Lipinski definition) is 2. The van der Waals surface area contributed by atoms with Crippen molar-refractivity contribution >= 4 is 6.03 Å². The maximum atomic E-state index is 11.2. The standard InChI is InChI=1S/C13H18N2O/c14-12(16)15-13(9-5-2-6-10-13)11-7-3-1-4-8-11/h1,3-4,7-8H,2,5-6,9-10H2,(H3,14,15,16). The third kappa shape index (κ3) is 2.18. The van der Waals surface area contributed by atoms with Gasteiger partial charge in [0.2, 0.25) is 0 Å². The zero-order valence-electron chi connectivity index (χ0n) is 9.41. The third-order valence-electron chi connectivity index (χ3n) is 3.40. The van der Waals surface area contributed by atoms with Crippen molar-refractivity contribution in [3.63, 3.8) is 0 Å². The zero-order chi connectivity index (χ0) is 11.4. The molecule has 1 aromatic carbocycles. The Hall–Kier alpha value is -1.51. The Morgan fingerprint density at radius 1 is 1.12 bits per heavy atom. The Balaban J connectivity index is 2.29. The maximum absolute atomic E-state index is 11.2. The van der Waals surface area contributed by atoms with E-state index in [4.69, 9.17) is 5.73 Å². The molecule has 1 saturated carbocycles. The molecule has 1 aromatic rings. The number of benzene rings is 1. The molecular weight excluding hydrogens is 200 g/mol. The lowest BCUT2D eigenvalue weighted by atomic mass is 9.76. The highest BCUT2D eigenvalue weighted by atomic mass is 16.2. The molecule has 1 aliphatic rings. The van der Waals surface area contributed by atoms with Crippen molar-refractivity contribution in [3.05, 3.63) is 35.9 Å². The van der Waals surface area contributed by atoms with Gasteiger partial charge in [0.15, 0.2) is 0 Å². The summed E-state index contributed by atoms with van der Waals surface area (Å²) in [6.07, 6.45) is 5.51. The van der Waals surface area contributed by atoms with E-state index >= 15 is 0 Å². The van der Waals surface area contributed by atoms with Crippen LogP contribution in [-0.4, -0.2) is 6.03 Å². The van der Waals surface area contributed by atoms with Crippen LogP contribution in [-0.2, 0) is 5.54 Å². The van der Waals surface area contributed by atoms with Crippen molar-refractivity contribution in [1.29, 1.82) is 0 Å². The quantitative estimate of drug-likeness (QED) is 0.787. The molecule has 1 fully saturated rings. The molecule has 0 atom stereocenters. The number of urea groups is 1. The second-order valence-electron chi connectivity index (χ2n) is 4.50. The second kappa shape index (κ2) is 4.56. The van der Waals surface area contributed by atoms with Gasteiger partial charge in [-0.3, -0.25) is 0 Å². The van der Waals surface area contributed by atoms with Gasteiger partial charge >= 0.3 is 6.03 Å². The lowest BCUT2D eigenvalue weighted by molar-refractivity contribution is 0.209. The van der Waals surface area contributed by atoms with Crippen LogP contribution in [0, 0.1) is 0 Å². The van der Waals surface area contributed by atoms with Gasteiger partial charge in [0, 0.05) is 0 Å². The number of nitrogens with one attached hydrogen (secondary N) is 1. The Kier molecular flexibility index (Phi) is 3.13. The van der Waals surface area contributed by atoms with Crippen molar-refractivity contribution in [2.24, 2.45) is 5.73 Å². The summed E-state index contributed by atoms with van der Waals surface area (Å²) in [5.74, 6) is 0. The fourth-order valence-corrected chi connectivity index (χ4v) is 2.63. The SMILES string of the molecule is NC(=O)NC1(c2ccccc2)CCCCC1. The van der Waals surface area contributed by atoms with Crippen LogP contribution in [0.15, 0.2) is 30.3 Å². The maximum Gasteiger partial charge on any atom is 0.312 e. The molecule has 0 bridgehead atoms. The number of carbonyl (C=O) groups excluding carboxylic acids is 1. The molecule has 86 valence electrons. The molecule has 2 amide bonds. The highest BCUT2D eigenvalue weighted by Crippen LogP contribution is 2.36. The minimum absolute atomic E-state index is 0.231. The smallest absolute Gasteiger partial charge is 0.312 e. The zero-order valence-corrected chi connectivity index (χ0v) is 9.41. The number of nitrogens with two attached hydrogens (primary N) is 1. The first-order valence-electron chi connectivity index (χ1n) is 5.86. The van der Waals surface area contributed by atoms with Gasteiger partial charge in [-0.05, 0) is 18.4 Å². The van der Waals surface area contributed by atoms with Crippen LogP contribution in [0.3, 0.4) is 0 Å². The molecule has 3 nitrogen and oxygen atoms in total. The molecular formula is C13H18N2O. The van der Waals surface area contributed by atoms with Gasteiger partial charge in [-0.15, -0.1) is 0 Å². The average Bonchev–Trinajstić information content (AvgIpc) is 2.30. The molecule has 0 aromatic heterocycles. The van der Waals surface area contributed by atoms with E-state index in [9.17, 15) is 4.79 Å². The molecule has 0 saturated heterocycles. The van der Waals surface area contributed by atoms with Crippen LogP contribution < -0.4 is 11.1 Å². The summed E-state index contributed by atoms with van der Waals surface area (Å²) in [5, 5.41) is 2.95. The Labute approximate surface area is 96.0 Å². The fraction of sp³-hybridized carbons (Fsp3) is 0.462. The van der Waals surface area contributed by atoms with E-state index < -0.39 is 6.03 Å². The molecule has 3 heteroatoms. The van der Waals surface area contributed by atoms with Gasteiger partial charge in [0.25, 0.3) is 0 Å². The fourth-order valence-electron chi connectivity index (χ4n) is 2.63. The van der Waals surface area contributed by atoms with Gasteiger partial charge in [0.1, 0.15) is 0 Å². The second-order valence-corrected chi connectivity index (χ2v) is 4.50. The van der Waals surface area contributed by atoms with E-state index in [0.717, 1.165) is 25.7 Å². The van der Waals surface area contributed by atoms with Gasteiger partial charge in [-0.1, -0.05) is 49.6 Å². The molecule has 0 radical (unpaired) electrons. The van der Waals surface area contributed by atoms with Crippen LogP contribution in [0.4, 0.5) is 4.79 Å². The molecule has 0 spiro atoms. The van der Waals surface area contributed by atoms with Crippen molar-refractivity contribution in [2.45, 2.75) is 37.6 Å². The lowest BCUT2D eigenvalue weighted by Crippen LogP contribution is -2.49. The van der Waals surface area contributed by atoms with Crippen LogP contribution in [0.25, 0.3) is 0 Å². The topological polar surface area (TPSA) is 55.1 Å². The largest absolute Gasteiger partial charge is 0.352 e. The summed E-state index contributed by atoms with van der Waals surface area (Å²) in [5.41, 5.74) is 6.24. The highest BCUT2D eigenvalue weighted by molar-refractivity contribution is 5.73. The van der Waals surface area contributed by atoms with Crippen molar-refractivity contribution in [2.75, 3.05) is 0 Å². The van der Waals surface area contributed by atoms with Crippen LogP contribution in [0.5, 0.6) is 0 Å². The van der Waals surface area contributed by atoms with E-state index in [1.54, 1.807) is 0 Å². The number of primary amides is 1. The van der Waals surface area contributed by atoms with Crippen LogP contribution in [0.1, 0.15) is 37.7 Å². The van der Waals surface area contributed by atoms with Gasteiger partial charge in [-0.2, -0.15) is 0 Å². The summed E-state index contributed by atoms with van der Waals surface area (Å²) >= 11 is 0. The van der Waals surface area contributed by atoms with Crippen molar-refractivity contribution in [1.82, 2.24) is 5.32 Å². The van der Waals surface area contributed by atoms with Crippen molar-refractivity contribution < 1.29 is 4.79 Å². The van der Waals surface area contributed by atoms with E-state index in [1.807, 2.05) is 18.2 Å². The van der Waals surface area contributed by atoms with Crippen LogP contribution in [0.2, 0.25) is 0 Å². The number of carbonyl (C=O) groups is 1. The number of rotatable bonds is 2. The first kappa shape index (κ1) is 11.0. The summed E-state index contributed by atoms with van der Waals surface area (Å²) in [6, 6.07) is 9.72. The Morgan fingerprint density at radius 3 is 2.31 bits per heavy atom. The summed E-state index contributed by atoms with van der Waals surface area (Å²) in [7, 11) is 0. The highest BCUT2D eigenvalue weighted by Gasteiger charge is 2.34. The predicted molar refractivity (Wildman–Crippen MR) is 63.9 cm³/mol. The molecule has 0 heterocycles.